The summed E-state index contributed by atoms with van der Waals surface area (Å²) in [5.74, 6) is 0. The van der Waals surface area contributed by atoms with Gasteiger partial charge in [0, 0.05) is 6.20 Å². The lowest BCUT2D eigenvalue weighted by molar-refractivity contribution is 1.20. The average Bonchev–Trinajstić information content (AvgIpc) is 2.05. The van der Waals surface area contributed by atoms with Crippen molar-refractivity contribution in [2.24, 2.45) is 0 Å². The SMILES string of the molecule is Br.c1cnc2cncnc2c1. The molecule has 56 valence electrons. The molecule has 0 fully saturated rings. The molecule has 0 amide bonds. The van der Waals surface area contributed by atoms with Gasteiger partial charge in [-0.1, -0.05) is 0 Å². The first-order chi connectivity index (χ1) is 4.97. The summed E-state index contributed by atoms with van der Waals surface area (Å²) in [7, 11) is 0. The van der Waals surface area contributed by atoms with Crippen LogP contribution in [-0.4, -0.2) is 15.0 Å². The van der Waals surface area contributed by atoms with Crippen LogP contribution in [0.5, 0.6) is 0 Å². The Kier molecular flexibility index (Phi) is 2.48. The summed E-state index contributed by atoms with van der Waals surface area (Å²) >= 11 is 0. The smallest absolute Gasteiger partial charge is 0.116 e. The molecule has 2 rings (SSSR count). The van der Waals surface area contributed by atoms with Crippen molar-refractivity contribution in [3.8, 4) is 0 Å². The Morgan fingerprint density at radius 3 is 2.82 bits per heavy atom. The summed E-state index contributed by atoms with van der Waals surface area (Å²) in [4.78, 5) is 11.9. The van der Waals surface area contributed by atoms with Crippen LogP contribution in [0.15, 0.2) is 30.9 Å². The van der Waals surface area contributed by atoms with Gasteiger partial charge in [0.15, 0.2) is 0 Å². The molecule has 0 saturated carbocycles. The quantitative estimate of drug-likeness (QED) is 0.665. The zero-order valence-electron chi connectivity index (χ0n) is 5.64. The van der Waals surface area contributed by atoms with Crippen LogP contribution < -0.4 is 0 Å². The average molecular weight is 212 g/mol. The minimum atomic E-state index is 0. The third-order valence-corrected chi connectivity index (χ3v) is 1.28. The van der Waals surface area contributed by atoms with Gasteiger partial charge in [0.1, 0.15) is 11.8 Å². The zero-order valence-corrected chi connectivity index (χ0v) is 7.35. The highest BCUT2D eigenvalue weighted by atomic mass is 79.9. The summed E-state index contributed by atoms with van der Waals surface area (Å²) in [6.07, 6.45) is 4.94. The molecule has 11 heavy (non-hydrogen) atoms. The molecule has 0 aliphatic carbocycles. The maximum Gasteiger partial charge on any atom is 0.116 e. The van der Waals surface area contributed by atoms with E-state index in [0.717, 1.165) is 11.0 Å². The predicted molar refractivity (Wildman–Crippen MR) is 47.7 cm³/mol. The zero-order chi connectivity index (χ0) is 6.81. The van der Waals surface area contributed by atoms with Gasteiger partial charge in [0.05, 0.1) is 11.7 Å². The number of halogens is 1. The van der Waals surface area contributed by atoms with E-state index in [1.54, 1.807) is 12.4 Å². The van der Waals surface area contributed by atoms with Gasteiger partial charge in [-0.3, -0.25) is 4.98 Å². The molecule has 2 heterocycles. The largest absolute Gasteiger partial charge is 0.253 e. The molecule has 4 heteroatoms. The Morgan fingerprint density at radius 1 is 1.09 bits per heavy atom. The number of fused-ring (bicyclic) bond motifs is 1. The van der Waals surface area contributed by atoms with Crippen LogP contribution >= 0.6 is 17.0 Å². The molecule has 0 unspecified atom stereocenters. The third-order valence-electron chi connectivity index (χ3n) is 1.28. The fourth-order valence-electron chi connectivity index (χ4n) is 0.817. The van der Waals surface area contributed by atoms with Gasteiger partial charge in [-0.05, 0) is 12.1 Å². The summed E-state index contributed by atoms with van der Waals surface area (Å²) in [5, 5.41) is 0. The molecule has 0 spiro atoms. The summed E-state index contributed by atoms with van der Waals surface area (Å²) in [6.45, 7) is 0. The van der Waals surface area contributed by atoms with Gasteiger partial charge in [-0.2, -0.15) is 0 Å². The van der Waals surface area contributed by atoms with Crippen molar-refractivity contribution in [3.05, 3.63) is 30.9 Å². The second-order valence-electron chi connectivity index (χ2n) is 1.93. The molecule has 3 nitrogen and oxygen atoms in total. The van der Waals surface area contributed by atoms with Gasteiger partial charge in [-0.25, -0.2) is 9.97 Å². The lowest BCUT2D eigenvalue weighted by Gasteiger charge is -1.89. The minimum Gasteiger partial charge on any atom is -0.253 e. The van der Waals surface area contributed by atoms with E-state index in [0.29, 0.717) is 0 Å². The standard InChI is InChI=1S/C7H5N3.BrH/c1-2-6-7(9-3-1)4-8-5-10-6;/h1-5H;1H. The van der Waals surface area contributed by atoms with Gasteiger partial charge in [0.25, 0.3) is 0 Å². The molecule has 2 aromatic heterocycles. The van der Waals surface area contributed by atoms with Gasteiger partial charge in [-0.15, -0.1) is 17.0 Å². The lowest BCUT2D eigenvalue weighted by atomic mass is 10.4. The van der Waals surface area contributed by atoms with Crippen LogP contribution in [0.1, 0.15) is 0 Å². The second kappa shape index (κ2) is 3.39. The normalized spacial score (nSPS) is 9.09. The molecule has 0 aliphatic heterocycles. The first-order valence-corrected chi connectivity index (χ1v) is 2.97. The van der Waals surface area contributed by atoms with Crippen LogP contribution in [0.25, 0.3) is 11.0 Å². The van der Waals surface area contributed by atoms with Crippen molar-refractivity contribution in [3.63, 3.8) is 0 Å². The van der Waals surface area contributed by atoms with Crippen molar-refractivity contribution in [1.82, 2.24) is 15.0 Å². The molecule has 0 bridgehead atoms. The highest BCUT2D eigenvalue weighted by molar-refractivity contribution is 8.93. The van der Waals surface area contributed by atoms with E-state index in [2.05, 4.69) is 15.0 Å². The molecule has 0 aliphatic rings. The Morgan fingerprint density at radius 2 is 2.00 bits per heavy atom. The molecule has 0 N–H and O–H groups in total. The van der Waals surface area contributed by atoms with E-state index in [-0.39, 0.29) is 17.0 Å². The maximum absolute atomic E-state index is 4.06. The number of rotatable bonds is 0. The maximum atomic E-state index is 4.06. The Bertz CT molecular complexity index is 285. The van der Waals surface area contributed by atoms with Crippen LogP contribution in [0.3, 0.4) is 0 Å². The summed E-state index contributed by atoms with van der Waals surface area (Å²) in [5.41, 5.74) is 1.72. The van der Waals surface area contributed by atoms with E-state index in [4.69, 9.17) is 0 Å². The lowest BCUT2D eigenvalue weighted by Crippen LogP contribution is -1.81. The van der Waals surface area contributed by atoms with Gasteiger partial charge >= 0.3 is 0 Å². The summed E-state index contributed by atoms with van der Waals surface area (Å²) < 4.78 is 0. The Hall–Kier alpha value is -1.03. The number of hydrogen-bond donors (Lipinski definition) is 0. The number of pyridine rings is 1. The molecule has 0 atom stereocenters. The van der Waals surface area contributed by atoms with Crippen molar-refractivity contribution < 1.29 is 0 Å². The Labute approximate surface area is 74.3 Å². The van der Waals surface area contributed by atoms with Gasteiger partial charge < -0.3 is 0 Å². The predicted octanol–water partition coefficient (Wildman–Crippen LogP) is 1.60. The molecule has 0 aromatic carbocycles. The van der Waals surface area contributed by atoms with Crippen molar-refractivity contribution in [1.29, 1.82) is 0 Å². The monoisotopic (exact) mass is 211 g/mol. The van der Waals surface area contributed by atoms with Crippen LogP contribution in [-0.2, 0) is 0 Å². The molecule has 0 saturated heterocycles. The molecule has 0 radical (unpaired) electrons. The second-order valence-corrected chi connectivity index (χ2v) is 1.93. The van der Waals surface area contributed by atoms with Crippen LogP contribution in [0, 0.1) is 0 Å². The van der Waals surface area contributed by atoms with E-state index in [1.807, 2.05) is 12.1 Å². The molecular formula is C7H6BrN3. The first-order valence-electron chi connectivity index (χ1n) is 2.97. The summed E-state index contributed by atoms with van der Waals surface area (Å²) in [6, 6.07) is 3.76. The van der Waals surface area contributed by atoms with Gasteiger partial charge in [0.2, 0.25) is 0 Å². The first kappa shape index (κ1) is 8.07. The topological polar surface area (TPSA) is 38.7 Å². The highest BCUT2D eigenvalue weighted by Gasteiger charge is 1.89. The van der Waals surface area contributed by atoms with E-state index < -0.39 is 0 Å². The number of nitrogens with zero attached hydrogens (tertiary/aromatic N) is 3. The number of hydrogen-bond acceptors (Lipinski definition) is 3. The highest BCUT2D eigenvalue weighted by Crippen LogP contribution is 2.02. The molecule has 2 aromatic rings. The fourth-order valence-corrected chi connectivity index (χ4v) is 0.817. The molecular weight excluding hydrogens is 206 g/mol. The van der Waals surface area contributed by atoms with Crippen LogP contribution in [0.2, 0.25) is 0 Å². The van der Waals surface area contributed by atoms with Crippen molar-refractivity contribution in [2.75, 3.05) is 0 Å². The third kappa shape index (κ3) is 1.51. The van der Waals surface area contributed by atoms with Crippen molar-refractivity contribution >= 4 is 28.0 Å². The van der Waals surface area contributed by atoms with E-state index in [9.17, 15) is 0 Å². The Balaban J connectivity index is 0.000000605. The van der Waals surface area contributed by atoms with Crippen LogP contribution in [0.4, 0.5) is 0 Å². The van der Waals surface area contributed by atoms with Crippen molar-refractivity contribution in [2.45, 2.75) is 0 Å². The number of aromatic nitrogens is 3. The van der Waals surface area contributed by atoms with E-state index in [1.165, 1.54) is 6.33 Å². The fraction of sp³-hybridized carbons (Fsp3) is 0. The minimum absolute atomic E-state index is 0. The van der Waals surface area contributed by atoms with E-state index >= 15 is 0 Å².